The van der Waals surface area contributed by atoms with E-state index in [1.54, 1.807) is 18.2 Å². The maximum absolute atomic E-state index is 13.3. The van der Waals surface area contributed by atoms with E-state index in [9.17, 15) is 14.4 Å². The minimum atomic E-state index is -0.753. The Morgan fingerprint density at radius 1 is 0.833 bits per heavy atom. The second kappa shape index (κ2) is 9.47. The number of urea groups is 1. The summed E-state index contributed by atoms with van der Waals surface area (Å²) in [6, 6.07) is 16.5. The molecule has 2 fully saturated rings. The molecular weight excluding hydrogens is 456 g/mol. The fraction of sp³-hybridized carbons (Fsp3) is 0.250. The number of hydrogen-bond acceptors (Lipinski definition) is 5. The van der Waals surface area contributed by atoms with Crippen LogP contribution in [0.25, 0.3) is 11.8 Å². The van der Waals surface area contributed by atoms with Crippen molar-refractivity contribution in [3.05, 3.63) is 82.7 Å². The van der Waals surface area contributed by atoms with Crippen molar-refractivity contribution in [2.75, 3.05) is 36.1 Å². The van der Waals surface area contributed by atoms with E-state index in [0.29, 0.717) is 5.69 Å². The molecule has 184 valence electrons. The number of nitrogens with one attached hydrogen (secondary N) is 1. The van der Waals surface area contributed by atoms with Crippen LogP contribution >= 0.6 is 0 Å². The van der Waals surface area contributed by atoms with Crippen LogP contribution in [0.5, 0.6) is 0 Å². The van der Waals surface area contributed by atoms with Crippen molar-refractivity contribution in [3.63, 3.8) is 0 Å². The SMILES string of the molecule is Cc1ccc(N2C(=O)NC(=O)C(=Cc3cc(C)n(-c4ccc(N5CCOCC5)cc4)c3C)C2=O)cc1. The number of anilines is 2. The Morgan fingerprint density at radius 2 is 1.44 bits per heavy atom. The summed E-state index contributed by atoms with van der Waals surface area (Å²) < 4.78 is 7.53. The second-order valence-corrected chi connectivity index (χ2v) is 9.07. The van der Waals surface area contributed by atoms with Gasteiger partial charge in [-0.2, -0.15) is 0 Å². The molecule has 3 heterocycles. The predicted molar refractivity (Wildman–Crippen MR) is 138 cm³/mol. The van der Waals surface area contributed by atoms with Crippen molar-refractivity contribution < 1.29 is 19.1 Å². The van der Waals surface area contributed by atoms with Crippen LogP contribution in [0.4, 0.5) is 16.2 Å². The maximum Gasteiger partial charge on any atom is 0.335 e. The van der Waals surface area contributed by atoms with Gasteiger partial charge in [0.1, 0.15) is 5.57 Å². The molecule has 2 aliphatic rings. The molecule has 0 saturated carbocycles. The van der Waals surface area contributed by atoms with Crippen LogP contribution < -0.4 is 15.1 Å². The van der Waals surface area contributed by atoms with E-state index < -0.39 is 17.8 Å². The van der Waals surface area contributed by atoms with Gasteiger partial charge in [-0.05, 0) is 74.9 Å². The molecule has 0 bridgehead atoms. The Labute approximate surface area is 209 Å². The highest BCUT2D eigenvalue weighted by molar-refractivity contribution is 6.39. The summed E-state index contributed by atoms with van der Waals surface area (Å²) in [6.07, 6.45) is 1.56. The zero-order valence-electron chi connectivity index (χ0n) is 20.6. The largest absolute Gasteiger partial charge is 0.378 e. The smallest absolute Gasteiger partial charge is 0.335 e. The zero-order chi connectivity index (χ0) is 25.4. The van der Waals surface area contributed by atoms with E-state index in [0.717, 1.165) is 65.1 Å². The number of carbonyl (C=O) groups excluding carboxylic acids is 3. The number of aryl methyl sites for hydroxylation is 2. The quantitative estimate of drug-likeness (QED) is 0.449. The van der Waals surface area contributed by atoms with Crippen molar-refractivity contribution in [1.29, 1.82) is 0 Å². The molecule has 36 heavy (non-hydrogen) atoms. The topological polar surface area (TPSA) is 83.9 Å². The molecule has 0 aliphatic carbocycles. The molecule has 3 aromatic rings. The van der Waals surface area contributed by atoms with Crippen molar-refractivity contribution >= 4 is 35.3 Å². The van der Waals surface area contributed by atoms with Crippen LogP contribution in [0, 0.1) is 20.8 Å². The number of imide groups is 2. The molecule has 0 unspecified atom stereocenters. The number of ether oxygens (including phenoxy) is 1. The number of amides is 4. The number of barbiturate groups is 1. The number of carbonyl (C=O) groups is 3. The summed E-state index contributed by atoms with van der Waals surface area (Å²) in [5, 5.41) is 2.29. The molecule has 2 aliphatic heterocycles. The number of aromatic nitrogens is 1. The van der Waals surface area contributed by atoms with Crippen LogP contribution in [0.3, 0.4) is 0 Å². The molecule has 0 radical (unpaired) electrons. The number of nitrogens with zero attached hydrogens (tertiary/aromatic N) is 3. The van der Waals surface area contributed by atoms with Crippen LogP contribution in [0.1, 0.15) is 22.5 Å². The summed E-state index contributed by atoms with van der Waals surface area (Å²) in [5.41, 5.74) is 6.06. The third kappa shape index (κ3) is 4.31. The minimum absolute atomic E-state index is 0.0851. The van der Waals surface area contributed by atoms with E-state index in [4.69, 9.17) is 4.74 Å². The lowest BCUT2D eigenvalue weighted by Crippen LogP contribution is -2.54. The normalized spacial score (nSPS) is 17.6. The van der Waals surface area contributed by atoms with Crippen molar-refractivity contribution in [1.82, 2.24) is 9.88 Å². The molecule has 0 atom stereocenters. The highest BCUT2D eigenvalue weighted by Gasteiger charge is 2.37. The molecule has 8 heteroatoms. The first kappa shape index (κ1) is 23.6. The Balaban J connectivity index is 1.46. The third-order valence-corrected chi connectivity index (χ3v) is 6.65. The average molecular weight is 485 g/mol. The summed E-state index contributed by atoms with van der Waals surface area (Å²) in [4.78, 5) is 41.7. The summed E-state index contributed by atoms with van der Waals surface area (Å²) >= 11 is 0. The Bertz CT molecular complexity index is 1360. The Kier molecular flexibility index (Phi) is 6.20. The zero-order valence-corrected chi connectivity index (χ0v) is 20.6. The highest BCUT2D eigenvalue weighted by atomic mass is 16.5. The first-order valence-corrected chi connectivity index (χ1v) is 11.9. The van der Waals surface area contributed by atoms with Crippen LogP contribution in [0.15, 0.2) is 60.2 Å². The van der Waals surface area contributed by atoms with E-state index in [1.165, 1.54) is 0 Å². The van der Waals surface area contributed by atoms with Crippen molar-refractivity contribution in [3.8, 4) is 5.69 Å². The molecule has 1 N–H and O–H groups in total. The van der Waals surface area contributed by atoms with E-state index in [2.05, 4.69) is 39.0 Å². The molecule has 2 saturated heterocycles. The lowest BCUT2D eigenvalue weighted by atomic mass is 10.1. The Hall–Kier alpha value is -4.17. The van der Waals surface area contributed by atoms with Gasteiger partial charge in [-0.1, -0.05) is 17.7 Å². The summed E-state index contributed by atoms with van der Waals surface area (Å²) in [7, 11) is 0. The van der Waals surface area contributed by atoms with Crippen LogP contribution in [-0.4, -0.2) is 48.7 Å². The average Bonchev–Trinajstić information content (AvgIpc) is 3.16. The Morgan fingerprint density at radius 3 is 2.11 bits per heavy atom. The number of rotatable bonds is 4. The van der Waals surface area contributed by atoms with Gasteiger partial charge in [0.25, 0.3) is 11.8 Å². The van der Waals surface area contributed by atoms with E-state index in [1.807, 2.05) is 39.0 Å². The van der Waals surface area contributed by atoms with Crippen molar-refractivity contribution in [2.24, 2.45) is 0 Å². The molecule has 1 aromatic heterocycles. The van der Waals surface area contributed by atoms with Gasteiger partial charge in [-0.3, -0.25) is 14.9 Å². The number of hydrogen-bond donors (Lipinski definition) is 1. The molecule has 8 nitrogen and oxygen atoms in total. The lowest BCUT2D eigenvalue weighted by molar-refractivity contribution is -0.122. The monoisotopic (exact) mass is 484 g/mol. The lowest BCUT2D eigenvalue weighted by Gasteiger charge is -2.29. The standard InChI is InChI=1S/C28H28N4O4/c1-18-4-6-24(7-5-18)32-27(34)25(26(33)29-28(32)35)17-21-16-19(2)31(20(21)3)23-10-8-22(9-11-23)30-12-14-36-15-13-30/h4-11,16-17H,12-15H2,1-3H3,(H,29,33,35). The first-order valence-electron chi connectivity index (χ1n) is 11.9. The van der Waals surface area contributed by atoms with Gasteiger partial charge in [-0.25, -0.2) is 9.69 Å². The molecule has 2 aromatic carbocycles. The second-order valence-electron chi connectivity index (χ2n) is 9.07. The van der Waals surface area contributed by atoms with Gasteiger partial charge < -0.3 is 14.2 Å². The van der Waals surface area contributed by atoms with Gasteiger partial charge >= 0.3 is 6.03 Å². The fourth-order valence-corrected chi connectivity index (χ4v) is 4.71. The first-order chi connectivity index (χ1) is 17.3. The molecule has 4 amide bonds. The van der Waals surface area contributed by atoms with E-state index >= 15 is 0 Å². The summed E-state index contributed by atoms with van der Waals surface area (Å²) in [6.45, 7) is 9.05. The molecule has 0 spiro atoms. The minimum Gasteiger partial charge on any atom is -0.378 e. The van der Waals surface area contributed by atoms with E-state index in [-0.39, 0.29) is 5.57 Å². The number of benzene rings is 2. The van der Waals surface area contributed by atoms with Gasteiger partial charge in [0.15, 0.2) is 0 Å². The predicted octanol–water partition coefficient (Wildman–Crippen LogP) is 3.91. The van der Waals surface area contributed by atoms with Gasteiger partial charge in [0, 0.05) is 35.9 Å². The summed E-state index contributed by atoms with van der Waals surface area (Å²) in [5.74, 6) is -1.35. The highest BCUT2D eigenvalue weighted by Crippen LogP contribution is 2.27. The van der Waals surface area contributed by atoms with Gasteiger partial charge in [-0.15, -0.1) is 0 Å². The van der Waals surface area contributed by atoms with Gasteiger partial charge in [0.05, 0.1) is 18.9 Å². The van der Waals surface area contributed by atoms with Gasteiger partial charge in [0.2, 0.25) is 0 Å². The van der Waals surface area contributed by atoms with Crippen LogP contribution in [-0.2, 0) is 14.3 Å². The molecule has 5 rings (SSSR count). The third-order valence-electron chi connectivity index (χ3n) is 6.65. The van der Waals surface area contributed by atoms with Crippen molar-refractivity contribution in [2.45, 2.75) is 20.8 Å². The van der Waals surface area contributed by atoms with Crippen LogP contribution in [0.2, 0.25) is 0 Å². The fourth-order valence-electron chi connectivity index (χ4n) is 4.71. The maximum atomic E-state index is 13.3. The molecular formula is C28H28N4O4. The number of morpholine rings is 1.